The van der Waals surface area contributed by atoms with Gasteiger partial charge in [-0.25, -0.2) is 0 Å². The second kappa shape index (κ2) is 5.77. The number of nitrogens with zero attached hydrogens (tertiary/aromatic N) is 1. The molecule has 2 rings (SSSR count). The van der Waals surface area contributed by atoms with Gasteiger partial charge in [-0.1, -0.05) is 30.3 Å². The summed E-state index contributed by atoms with van der Waals surface area (Å²) < 4.78 is 0. The summed E-state index contributed by atoms with van der Waals surface area (Å²) in [6, 6.07) is 15.1. The topological polar surface area (TPSA) is 72.2 Å². The van der Waals surface area contributed by atoms with Gasteiger partial charge in [0.2, 0.25) is 5.91 Å². The highest BCUT2D eigenvalue weighted by Crippen LogP contribution is 2.14. The van der Waals surface area contributed by atoms with E-state index in [2.05, 4.69) is 5.32 Å². The van der Waals surface area contributed by atoms with Crippen molar-refractivity contribution in [1.82, 2.24) is 0 Å². The predicted octanol–water partition coefficient (Wildman–Crippen LogP) is 2.78. The lowest BCUT2D eigenvalue weighted by Crippen LogP contribution is -2.14. The van der Waals surface area contributed by atoms with Crippen LogP contribution in [0.25, 0.3) is 0 Å². The molecule has 0 fully saturated rings. The van der Waals surface area contributed by atoms with Crippen molar-refractivity contribution in [3.63, 3.8) is 0 Å². The van der Waals surface area contributed by atoms with E-state index < -0.39 is 4.92 Å². The Labute approximate surface area is 110 Å². The lowest BCUT2D eigenvalue weighted by molar-refractivity contribution is -0.384. The van der Waals surface area contributed by atoms with Crippen LogP contribution in [0.4, 0.5) is 11.4 Å². The quantitative estimate of drug-likeness (QED) is 0.675. The predicted molar refractivity (Wildman–Crippen MR) is 71.9 cm³/mol. The van der Waals surface area contributed by atoms with Crippen LogP contribution >= 0.6 is 0 Å². The summed E-state index contributed by atoms with van der Waals surface area (Å²) >= 11 is 0. The normalized spacial score (nSPS) is 9.89. The Hall–Kier alpha value is -2.69. The van der Waals surface area contributed by atoms with Crippen molar-refractivity contribution in [2.75, 3.05) is 5.32 Å². The molecule has 0 unspecified atom stereocenters. The first kappa shape index (κ1) is 12.8. The largest absolute Gasteiger partial charge is 0.326 e. The number of nitrogens with one attached hydrogen (secondary N) is 1. The molecule has 19 heavy (non-hydrogen) atoms. The summed E-state index contributed by atoms with van der Waals surface area (Å²) in [5.74, 6) is -0.202. The van der Waals surface area contributed by atoms with Gasteiger partial charge >= 0.3 is 0 Å². The molecule has 2 aromatic rings. The lowest BCUT2D eigenvalue weighted by Gasteiger charge is -2.04. The van der Waals surface area contributed by atoms with Crippen LogP contribution in [0.5, 0.6) is 0 Å². The molecule has 1 N–H and O–H groups in total. The molecule has 0 aromatic heterocycles. The molecule has 0 heterocycles. The zero-order chi connectivity index (χ0) is 13.7. The van der Waals surface area contributed by atoms with Crippen molar-refractivity contribution >= 4 is 17.3 Å². The Kier molecular flexibility index (Phi) is 3.87. The van der Waals surface area contributed by atoms with Gasteiger partial charge in [0, 0.05) is 17.8 Å². The third kappa shape index (κ3) is 3.64. The van der Waals surface area contributed by atoms with Gasteiger partial charge in [-0.2, -0.15) is 0 Å². The lowest BCUT2D eigenvalue weighted by atomic mass is 10.1. The highest BCUT2D eigenvalue weighted by molar-refractivity contribution is 5.92. The van der Waals surface area contributed by atoms with E-state index in [1.165, 1.54) is 12.1 Å². The highest BCUT2D eigenvalue weighted by Gasteiger charge is 2.09. The van der Waals surface area contributed by atoms with Gasteiger partial charge in [-0.3, -0.25) is 14.9 Å². The minimum Gasteiger partial charge on any atom is -0.326 e. The second-order valence-electron chi connectivity index (χ2n) is 4.02. The molecule has 1 amide bonds. The zero-order valence-electron chi connectivity index (χ0n) is 10.1. The number of anilines is 1. The average Bonchev–Trinajstić information content (AvgIpc) is 2.40. The SMILES string of the molecule is O=C(Cc1cccc([N+](=O)[O-])c1)Nc1ccccc1. The van der Waals surface area contributed by atoms with Gasteiger partial charge in [-0.15, -0.1) is 0 Å². The maximum Gasteiger partial charge on any atom is 0.269 e. The molecule has 96 valence electrons. The van der Waals surface area contributed by atoms with Crippen molar-refractivity contribution in [2.45, 2.75) is 6.42 Å². The molecule has 0 bridgehead atoms. The molecule has 0 aliphatic rings. The molecule has 0 atom stereocenters. The first-order valence-corrected chi connectivity index (χ1v) is 5.73. The van der Waals surface area contributed by atoms with E-state index in [0.29, 0.717) is 11.3 Å². The maximum atomic E-state index is 11.8. The fourth-order valence-corrected chi connectivity index (χ4v) is 1.69. The van der Waals surface area contributed by atoms with Crippen LogP contribution in [0, 0.1) is 10.1 Å². The van der Waals surface area contributed by atoms with E-state index in [-0.39, 0.29) is 18.0 Å². The molecule has 5 heteroatoms. The summed E-state index contributed by atoms with van der Waals surface area (Å²) in [6.45, 7) is 0. The number of rotatable bonds is 4. The first-order chi connectivity index (χ1) is 9.15. The average molecular weight is 256 g/mol. The number of nitro groups is 1. The molecule has 0 aliphatic carbocycles. The Morgan fingerprint density at radius 1 is 1.11 bits per heavy atom. The van der Waals surface area contributed by atoms with Crippen LogP contribution in [0.1, 0.15) is 5.56 Å². The number of amides is 1. The molecule has 2 aromatic carbocycles. The van der Waals surface area contributed by atoms with Crippen LogP contribution in [0.15, 0.2) is 54.6 Å². The number of nitro benzene ring substituents is 1. The van der Waals surface area contributed by atoms with E-state index in [1.54, 1.807) is 24.3 Å². The van der Waals surface area contributed by atoms with Crippen LogP contribution in [-0.4, -0.2) is 10.8 Å². The van der Waals surface area contributed by atoms with E-state index in [1.807, 2.05) is 18.2 Å². The molecule has 5 nitrogen and oxygen atoms in total. The van der Waals surface area contributed by atoms with Crippen LogP contribution < -0.4 is 5.32 Å². The Bertz CT molecular complexity index is 597. The molecular weight excluding hydrogens is 244 g/mol. The molecule has 0 spiro atoms. The minimum atomic E-state index is -0.474. The van der Waals surface area contributed by atoms with E-state index >= 15 is 0 Å². The summed E-state index contributed by atoms with van der Waals surface area (Å²) in [4.78, 5) is 21.9. The summed E-state index contributed by atoms with van der Waals surface area (Å²) in [6.07, 6.45) is 0.108. The van der Waals surface area contributed by atoms with Gasteiger partial charge in [0.25, 0.3) is 5.69 Å². The number of para-hydroxylation sites is 1. The maximum absolute atomic E-state index is 11.8. The van der Waals surface area contributed by atoms with Gasteiger partial charge in [0.15, 0.2) is 0 Å². The van der Waals surface area contributed by atoms with Crippen LogP contribution in [0.3, 0.4) is 0 Å². The number of carbonyl (C=O) groups excluding carboxylic acids is 1. The van der Waals surface area contributed by atoms with Gasteiger partial charge in [0.1, 0.15) is 0 Å². The molecule has 0 radical (unpaired) electrons. The molecular formula is C14H12N2O3. The monoisotopic (exact) mass is 256 g/mol. The first-order valence-electron chi connectivity index (χ1n) is 5.73. The van der Waals surface area contributed by atoms with Crippen molar-refractivity contribution in [3.05, 3.63) is 70.3 Å². The van der Waals surface area contributed by atoms with Gasteiger partial charge < -0.3 is 5.32 Å². The summed E-state index contributed by atoms with van der Waals surface area (Å²) in [5, 5.41) is 13.4. The zero-order valence-corrected chi connectivity index (χ0v) is 10.1. The molecule has 0 saturated heterocycles. The molecule has 0 aliphatic heterocycles. The fourth-order valence-electron chi connectivity index (χ4n) is 1.69. The Morgan fingerprint density at radius 2 is 1.84 bits per heavy atom. The summed E-state index contributed by atoms with van der Waals surface area (Å²) in [7, 11) is 0. The number of hydrogen-bond acceptors (Lipinski definition) is 3. The number of carbonyl (C=O) groups is 1. The van der Waals surface area contributed by atoms with Crippen molar-refractivity contribution < 1.29 is 9.72 Å². The van der Waals surface area contributed by atoms with Gasteiger partial charge in [0.05, 0.1) is 11.3 Å². The summed E-state index contributed by atoms with van der Waals surface area (Å²) in [5.41, 5.74) is 1.31. The standard InChI is InChI=1S/C14H12N2O3/c17-14(15-12-6-2-1-3-7-12)10-11-5-4-8-13(9-11)16(18)19/h1-9H,10H2,(H,15,17). The Morgan fingerprint density at radius 3 is 2.53 bits per heavy atom. The molecule has 0 saturated carbocycles. The number of non-ortho nitro benzene ring substituents is 1. The van der Waals surface area contributed by atoms with Crippen molar-refractivity contribution in [2.24, 2.45) is 0 Å². The van der Waals surface area contributed by atoms with E-state index in [0.717, 1.165) is 0 Å². The van der Waals surface area contributed by atoms with Crippen molar-refractivity contribution in [1.29, 1.82) is 0 Å². The third-order valence-electron chi connectivity index (χ3n) is 2.54. The fraction of sp³-hybridized carbons (Fsp3) is 0.0714. The number of benzene rings is 2. The van der Waals surface area contributed by atoms with Crippen LogP contribution in [0.2, 0.25) is 0 Å². The minimum absolute atomic E-state index is 0.00925. The van der Waals surface area contributed by atoms with E-state index in [9.17, 15) is 14.9 Å². The van der Waals surface area contributed by atoms with Crippen LogP contribution in [-0.2, 0) is 11.2 Å². The van der Waals surface area contributed by atoms with E-state index in [4.69, 9.17) is 0 Å². The third-order valence-corrected chi connectivity index (χ3v) is 2.54. The Balaban J connectivity index is 2.03. The highest BCUT2D eigenvalue weighted by atomic mass is 16.6. The smallest absolute Gasteiger partial charge is 0.269 e. The van der Waals surface area contributed by atoms with Crippen molar-refractivity contribution in [3.8, 4) is 0 Å². The second-order valence-corrected chi connectivity index (χ2v) is 4.02. The van der Waals surface area contributed by atoms with Gasteiger partial charge in [-0.05, 0) is 17.7 Å². The number of hydrogen-bond donors (Lipinski definition) is 1.